The fourth-order valence-corrected chi connectivity index (χ4v) is 3.21. The van der Waals surface area contributed by atoms with Gasteiger partial charge in [0, 0.05) is 24.5 Å². The van der Waals surface area contributed by atoms with Gasteiger partial charge in [0.1, 0.15) is 0 Å². The van der Waals surface area contributed by atoms with Gasteiger partial charge in [0.05, 0.1) is 6.10 Å². The molecule has 2 fully saturated rings. The van der Waals surface area contributed by atoms with Crippen LogP contribution in [0.2, 0.25) is 0 Å². The van der Waals surface area contributed by atoms with E-state index < -0.39 is 0 Å². The van der Waals surface area contributed by atoms with Crippen LogP contribution < -0.4 is 5.32 Å². The van der Waals surface area contributed by atoms with Crippen molar-refractivity contribution in [2.75, 3.05) is 13.1 Å². The van der Waals surface area contributed by atoms with Gasteiger partial charge in [-0.1, -0.05) is 13.8 Å². The first-order valence-electron chi connectivity index (χ1n) is 6.84. The average molecular weight is 240 g/mol. The molecule has 4 nitrogen and oxygen atoms in total. The number of hydrogen-bond acceptors (Lipinski definition) is 3. The van der Waals surface area contributed by atoms with E-state index in [0.29, 0.717) is 12.1 Å². The molecular weight excluding hydrogens is 216 g/mol. The molecule has 3 unspecified atom stereocenters. The number of carbonyl (C=O) groups excluding carboxylic acids is 1. The molecule has 0 radical (unpaired) electrons. The Morgan fingerprint density at radius 1 is 1.41 bits per heavy atom. The van der Waals surface area contributed by atoms with Crippen LogP contribution in [0, 0.1) is 5.92 Å². The van der Waals surface area contributed by atoms with Crippen molar-refractivity contribution in [2.24, 2.45) is 5.92 Å². The molecule has 4 heteroatoms. The van der Waals surface area contributed by atoms with E-state index >= 15 is 0 Å². The van der Waals surface area contributed by atoms with Crippen LogP contribution >= 0.6 is 0 Å². The molecule has 0 aromatic carbocycles. The zero-order valence-electron chi connectivity index (χ0n) is 10.9. The molecule has 98 valence electrons. The van der Waals surface area contributed by atoms with Crippen molar-refractivity contribution in [1.29, 1.82) is 0 Å². The number of nitrogens with one attached hydrogen (secondary N) is 1. The molecule has 2 aliphatic heterocycles. The first-order valence-corrected chi connectivity index (χ1v) is 6.84. The number of nitrogens with zero attached hydrogens (tertiary/aromatic N) is 1. The molecule has 0 saturated carbocycles. The fourth-order valence-electron chi connectivity index (χ4n) is 3.21. The van der Waals surface area contributed by atoms with Crippen LogP contribution in [0.1, 0.15) is 39.5 Å². The van der Waals surface area contributed by atoms with Crippen molar-refractivity contribution >= 4 is 5.91 Å². The summed E-state index contributed by atoms with van der Waals surface area (Å²) >= 11 is 0. The number of rotatable bonds is 4. The smallest absolute Gasteiger partial charge is 0.227 e. The largest absolute Gasteiger partial charge is 0.393 e. The first-order chi connectivity index (χ1) is 8.13. The molecule has 0 aromatic rings. The van der Waals surface area contributed by atoms with Gasteiger partial charge in [-0.2, -0.15) is 0 Å². The fraction of sp³-hybridized carbons (Fsp3) is 0.923. The third kappa shape index (κ3) is 2.63. The summed E-state index contributed by atoms with van der Waals surface area (Å²) in [6.45, 7) is 5.71. The molecule has 2 saturated heterocycles. The zero-order valence-corrected chi connectivity index (χ0v) is 10.9. The van der Waals surface area contributed by atoms with Crippen LogP contribution in [-0.2, 0) is 4.79 Å². The van der Waals surface area contributed by atoms with E-state index in [2.05, 4.69) is 17.1 Å². The molecule has 0 spiro atoms. The van der Waals surface area contributed by atoms with E-state index in [0.717, 1.165) is 38.8 Å². The topological polar surface area (TPSA) is 52.6 Å². The minimum Gasteiger partial charge on any atom is -0.393 e. The van der Waals surface area contributed by atoms with E-state index in [9.17, 15) is 9.90 Å². The third-order valence-electron chi connectivity index (χ3n) is 4.08. The maximum Gasteiger partial charge on any atom is 0.227 e. The predicted molar refractivity (Wildman–Crippen MR) is 66.6 cm³/mol. The highest BCUT2D eigenvalue weighted by Crippen LogP contribution is 2.36. The second-order valence-corrected chi connectivity index (χ2v) is 5.46. The Labute approximate surface area is 103 Å². The lowest BCUT2D eigenvalue weighted by Gasteiger charge is -2.38. The van der Waals surface area contributed by atoms with Gasteiger partial charge in [-0.15, -0.1) is 0 Å². The summed E-state index contributed by atoms with van der Waals surface area (Å²) in [6.07, 6.45) is 3.50. The van der Waals surface area contributed by atoms with Crippen LogP contribution in [0.25, 0.3) is 0 Å². The molecule has 1 amide bonds. The molecular formula is C13H24N2O2. The number of hydrogen-bond donors (Lipinski definition) is 2. The summed E-state index contributed by atoms with van der Waals surface area (Å²) in [7, 11) is 0. The minimum atomic E-state index is -0.194. The second kappa shape index (κ2) is 5.36. The van der Waals surface area contributed by atoms with E-state index in [1.807, 2.05) is 6.92 Å². The number of aliphatic hydroxyl groups excluding tert-OH is 1. The lowest BCUT2D eigenvalue weighted by molar-refractivity contribution is -0.141. The highest BCUT2D eigenvalue weighted by Gasteiger charge is 2.43. The second-order valence-electron chi connectivity index (χ2n) is 5.46. The van der Waals surface area contributed by atoms with Gasteiger partial charge in [-0.25, -0.2) is 0 Å². The van der Waals surface area contributed by atoms with Gasteiger partial charge in [0.15, 0.2) is 0 Å². The number of amides is 1. The average Bonchev–Trinajstić information content (AvgIpc) is 2.57. The molecule has 2 rings (SSSR count). The highest BCUT2D eigenvalue weighted by molar-refractivity contribution is 5.79. The van der Waals surface area contributed by atoms with Crippen molar-refractivity contribution < 1.29 is 9.90 Å². The van der Waals surface area contributed by atoms with E-state index in [-0.39, 0.29) is 17.9 Å². The lowest BCUT2D eigenvalue weighted by atomic mass is 9.97. The summed E-state index contributed by atoms with van der Waals surface area (Å²) in [5.41, 5.74) is 0. The quantitative estimate of drug-likeness (QED) is 0.762. The van der Waals surface area contributed by atoms with Crippen LogP contribution in [0.3, 0.4) is 0 Å². The molecule has 0 aromatic heterocycles. The van der Waals surface area contributed by atoms with E-state index in [4.69, 9.17) is 0 Å². The molecule has 2 aliphatic rings. The number of carbonyl (C=O) groups is 1. The van der Waals surface area contributed by atoms with Gasteiger partial charge in [-0.05, 0) is 32.2 Å². The molecule has 2 heterocycles. The summed E-state index contributed by atoms with van der Waals surface area (Å²) < 4.78 is 0. The molecule has 0 aliphatic carbocycles. The maximum absolute atomic E-state index is 12.4. The Morgan fingerprint density at radius 2 is 2.00 bits per heavy atom. The van der Waals surface area contributed by atoms with Crippen molar-refractivity contribution in [1.82, 2.24) is 10.2 Å². The van der Waals surface area contributed by atoms with Gasteiger partial charge in [-0.3, -0.25) is 4.79 Å². The highest BCUT2D eigenvalue weighted by atomic mass is 16.3. The molecule has 17 heavy (non-hydrogen) atoms. The van der Waals surface area contributed by atoms with Crippen molar-refractivity contribution in [3.63, 3.8) is 0 Å². The molecule has 2 bridgehead atoms. The predicted octanol–water partition coefficient (Wildman–Crippen LogP) is 0.746. The number of piperidine rings is 1. The summed E-state index contributed by atoms with van der Waals surface area (Å²) in [5.74, 6) is 0.318. The Hall–Kier alpha value is -0.610. The number of fused-ring (bicyclic) bond motifs is 2. The monoisotopic (exact) mass is 240 g/mol. The summed E-state index contributed by atoms with van der Waals surface area (Å²) in [5, 5.41) is 12.9. The third-order valence-corrected chi connectivity index (χ3v) is 4.08. The van der Waals surface area contributed by atoms with Gasteiger partial charge in [0.2, 0.25) is 5.91 Å². The summed E-state index contributed by atoms with van der Waals surface area (Å²) in [4.78, 5) is 14.4. The lowest BCUT2D eigenvalue weighted by Crippen LogP contribution is -2.50. The Kier molecular flexibility index (Phi) is 4.05. The van der Waals surface area contributed by atoms with Gasteiger partial charge >= 0.3 is 0 Å². The zero-order chi connectivity index (χ0) is 12.4. The van der Waals surface area contributed by atoms with Crippen molar-refractivity contribution in [3.05, 3.63) is 0 Å². The van der Waals surface area contributed by atoms with Crippen LogP contribution in [-0.4, -0.2) is 47.2 Å². The number of aliphatic hydroxyl groups is 1. The Balaban J connectivity index is 1.96. The maximum atomic E-state index is 12.4. The van der Waals surface area contributed by atoms with Crippen molar-refractivity contribution in [2.45, 2.75) is 57.7 Å². The first kappa shape index (κ1) is 12.8. The van der Waals surface area contributed by atoms with E-state index in [1.54, 1.807) is 0 Å². The van der Waals surface area contributed by atoms with Gasteiger partial charge < -0.3 is 15.3 Å². The van der Waals surface area contributed by atoms with Crippen molar-refractivity contribution in [3.8, 4) is 0 Å². The SMILES string of the molecule is CCNCC(C)C(=O)N1C2CCC1CC(O)C2. The minimum absolute atomic E-state index is 0.0493. The molecule has 2 N–H and O–H groups in total. The summed E-state index contributed by atoms with van der Waals surface area (Å²) in [6, 6.07) is 0.584. The van der Waals surface area contributed by atoms with Crippen LogP contribution in [0.5, 0.6) is 0 Å². The Morgan fingerprint density at radius 3 is 2.53 bits per heavy atom. The standard InChI is InChI=1S/C13H24N2O2/c1-3-14-8-9(2)13(17)15-10-4-5-11(15)7-12(16)6-10/h9-12,14,16H,3-8H2,1-2H3. The Bertz CT molecular complexity index is 269. The van der Waals surface area contributed by atoms with Crippen LogP contribution in [0.15, 0.2) is 0 Å². The molecule has 3 atom stereocenters. The normalized spacial score (nSPS) is 33.8. The van der Waals surface area contributed by atoms with E-state index in [1.165, 1.54) is 0 Å². The van der Waals surface area contributed by atoms with Crippen LogP contribution in [0.4, 0.5) is 0 Å². The van der Waals surface area contributed by atoms with Gasteiger partial charge in [0.25, 0.3) is 0 Å².